The molecule has 1 aliphatic rings. The molecule has 0 fully saturated rings. The molecule has 0 atom stereocenters. The normalized spacial score (nSPS) is 14.0. The lowest BCUT2D eigenvalue weighted by Gasteiger charge is -2.00. The van der Waals surface area contributed by atoms with Crippen molar-refractivity contribution >= 4 is 18.4 Å². The average molecular weight is 313 g/mol. The van der Waals surface area contributed by atoms with Gasteiger partial charge in [-0.3, -0.25) is 5.10 Å². The smallest absolute Gasteiger partial charge is 0.216 e. The highest BCUT2D eigenvalue weighted by Crippen LogP contribution is 2.29. The summed E-state index contributed by atoms with van der Waals surface area (Å²) >= 11 is 5.29. The molecule has 0 saturated heterocycles. The zero-order chi connectivity index (χ0) is 15.1. The molecule has 0 aromatic carbocycles. The number of nitrogens with one attached hydrogen (secondary N) is 2. The third kappa shape index (κ3) is 2.03. The Balaban J connectivity index is 1.78. The minimum absolute atomic E-state index is 0.454. The minimum atomic E-state index is 0.454. The van der Waals surface area contributed by atoms with E-state index in [9.17, 15) is 0 Å². The Morgan fingerprint density at radius 2 is 2.23 bits per heavy atom. The molecule has 112 valence electrons. The van der Waals surface area contributed by atoms with Crippen LogP contribution in [0.5, 0.6) is 0 Å². The standard InChI is InChI=1S/C14H15N7S/c1-20-7-3-4-9(20)8-15-21-13(18-19-14(21)22)12-10-5-2-6-11(10)16-17-12/h3-4,7-8H,2,5-6H2,1H3,(H,16,17)(H,19,22)/b15-8+. The largest absolute Gasteiger partial charge is 0.350 e. The zero-order valence-electron chi connectivity index (χ0n) is 12.1. The van der Waals surface area contributed by atoms with Crippen molar-refractivity contribution < 1.29 is 0 Å². The van der Waals surface area contributed by atoms with E-state index in [1.165, 1.54) is 11.3 Å². The van der Waals surface area contributed by atoms with Crippen molar-refractivity contribution in [1.29, 1.82) is 0 Å². The van der Waals surface area contributed by atoms with Gasteiger partial charge < -0.3 is 4.57 Å². The first-order valence-corrected chi connectivity index (χ1v) is 7.54. The lowest BCUT2D eigenvalue weighted by Crippen LogP contribution is -1.99. The van der Waals surface area contributed by atoms with Gasteiger partial charge in [-0.05, 0) is 43.6 Å². The van der Waals surface area contributed by atoms with Crippen LogP contribution in [-0.4, -0.2) is 35.9 Å². The maximum atomic E-state index is 5.29. The number of hydrogen-bond donors (Lipinski definition) is 2. The summed E-state index contributed by atoms with van der Waals surface area (Å²) in [5.74, 6) is 0.648. The SMILES string of the molecule is Cn1cccc1/C=N/n1c(-c2n[nH]c3c2CCC3)n[nH]c1=S. The molecular formula is C14H15N7S. The Morgan fingerprint density at radius 3 is 3.05 bits per heavy atom. The number of aryl methyl sites for hydroxylation is 2. The molecule has 22 heavy (non-hydrogen) atoms. The molecule has 3 aromatic rings. The Hall–Kier alpha value is -2.48. The van der Waals surface area contributed by atoms with E-state index >= 15 is 0 Å². The molecule has 3 heterocycles. The number of rotatable bonds is 3. The first kappa shape index (κ1) is 13.2. The van der Waals surface area contributed by atoms with Gasteiger partial charge in [-0.2, -0.15) is 20.0 Å². The number of nitrogens with zero attached hydrogens (tertiary/aromatic N) is 5. The second-order valence-corrected chi connectivity index (χ2v) is 5.72. The molecule has 0 unspecified atom stereocenters. The van der Waals surface area contributed by atoms with E-state index < -0.39 is 0 Å². The Labute approximate surface area is 131 Å². The number of H-pyrrole nitrogens is 2. The predicted molar refractivity (Wildman–Crippen MR) is 85.4 cm³/mol. The molecule has 0 spiro atoms. The fraction of sp³-hybridized carbons (Fsp3) is 0.286. The van der Waals surface area contributed by atoms with Gasteiger partial charge in [-0.15, -0.1) is 0 Å². The highest BCUT2D eigenvalue weighted by molar-refractivity contribution is 7.71. The predicted octanol–water partition coefficient (Wildman–Crippen LogP) is 2.04. The van der Waals surface area contributed by atoms with Crippen LogP contribution < -0.4 is 0 Å². The molecule has 8 heteroatoms. The van der Waals surface area contributed by atoms with E-state index in [0.717, 1.165) is 30.7 Å². The second-order valence-electron chi connectivity index (χ2n) is 5.34. The van der Waals surface area contributed by atoms with Gasteiger partial charge >= 0.3 is 0 Å². The van der Waals surface area contributed by atoms with Crippen molar-refractivity contribution in [3.05, 3.63) is 40.1 Å². The first-order valence-electron chi connectivity index (χ1n) is 7.13. The van der Waals surface area contributed by atoms with Crippen LogP contribution in [0.15, 0.2) is 23.4 Å². The van der Waals surface area contributed by atoms with E-state index in [1.54, 1.807) is 10.9 Å². The summed E-state index contributed by atoms with van der Waals surface area (Å²) in [6.07, 6.45) is 6.94. The summed E-state index contributed by atoms with van der Waals surface area (Å²) in [6.45, 7) is 0. The zero-order valence-corrected chi connectivity index (χ0v) is 12.9. The molecule has 0 aliphatic heterocycles. The van der Waals surface area contributed by atoms with Crippen molar-refractivity contribution in [1.82, 2.24) is 29.6 Å². The maximum absolute atomic E-state index is 5.29. The van der Waals surface area contributed by atoms with Crippen LogP contribution in [0.4, 0.5) is 0 Å². The number of aromatic amines is 2. The van der Waals surface area contributed by atoms with Gasteiger partial charge in [0.15, 0.2) is 0 Å². The van der Waals surface area contributed by atoms with Crippen LogP contribution in [0.2, 0.25) is 0 Å². The number of fused-ring (bicyclic) bond motifs is 1. The van der Waals surface area contributed by atoms with Gasteiger partial charge in [0.25, 0.3) is 0 Å². The van der Waals surface area contributed by atoms with Crippen molar-refractivity contribution in [3.8, 4) is 11.5 Å². The molecule has 0 bridgehead atoms. The molecule has 1 aliphatic carbocycles. The third-order valence-electron chi connectivity index (χ3n) is 3.96. The van der Waals surface area contributed by atoms with Gasteiger partial charge in [0.05, 0.1) is 11.9 Å². The first-order chi connectivity index (χ1) is 10.7. The monoisotopic (exact) mass is 313 g/mol. The lowest BCUT2D eigenvalue weighted by atomic mass is 10.2. The van der Waals surface area contributed by atoms with Gasteiger partial charge in [0, 0.05) is 24.5 Å². The van der Waals surface area contributed by atoms with Crippen LogP contribution >= 0.6 is 12.2 Å². The minimum Gasteiger partial charge on any atom is -0.350 e. The van der Waals surface area contributed by atoms with Crippen molar-refractivity contribution in [2.75, 3.05) is 0 Å². The van der Waals surface area contributed by atoms with Crippen LogP contribution in [0.3, 0.4) is 0 Å². The van der Waals surface area contributed by atoms with E-state index in [-0.39, 0.29) is 0 Å². The maximum Gasteiger partial charge on any atom is 0.216 e. The number of aromatic nitrogens is 6. The molecule has 0 amide bonds. The van der Waals surface area contributed by atoms with Gasteiger partial charge in [0.2, 0.25) is 10.6 Å². The van der Waals surface area contributed by atoms with E-state index in [2.05, 4.69) is 25.5 Å². The van der Waals surface area contributed by atoms with Gasteiger partial charge in [-0.1, -0.05) is 0 Å². The van der Waals surface area contributed by atoms with E-state index in [4.69, 9.17) is 12.2 Å². The molecular weight excluding hydrogens is 298 g/mol. The van der Waals surface area contributed by atoms with Gasteiger partial charge in [-0.25, -0.2) is 5.10 Å². The van der Waals surface area contributed by atoms with Gasteiger partial charge in [0.1, 0.15) is 5.69 Å². The quantitative estimate of drug-likeness (QED) is 0.573. The summed E-state index contributed by atoms with van der Waals surface area (Å²) in [6, 6.07) is 3.95. The molecule has 4 rings (SSSR count). The van der Waals surface area contributed by atoms with Crippen LogP contribution in [-0.2, 0) is 19.9 Å². The van der Waals surface area contributed by atoms with Crippen molar-refractivity contribution in [2.24, 2.45) is 12.1 Å². The van der Waals surface area contributed by atoms with Crippen LogP contribution in [0.1, 0.15) is 23.4 Å². The average Bonchev–Trinajstić information content (AvgIpc) is 3.22. The number of hydrogen-bond acceptors (Lipinski definition) is 4. The fourth-order valence-corrected chi connectivity index (χ4v) is 2.96. The molecule has 3 aromatic heterocycles. The van der Waals surface area contributed by atoms with Crippen molar-refractivity contribution in [3.63, 3.8) is 0 Å². The Morgan fingerprint density at radius 1 is 1.32 bits per heavy atom. The molecule has 0 radical (unpaired) electrons. The topological polar surface area (TPSA) is 79.6 Å². The van der Waals surface area contributed by atoms with Crippen molar-refractivity contribution in [2.45, 2.75) is 19.3 Å². The third-order valence-corrected chi connectivity index (χ3v) is 4.22. The molecule has 7 nitrogen and oxygen atoms in total. The summed E-state index contributed by atoms with van der Waals surface area (Å²) < 4.78 is 4.06. The highest BCUT2D eigenvalue weighted by Gasteiger charge is 2.23. The second kappa shape index (κ2) is 5.06. The van der Waals surface area contributed by atoms with Crippen LogP contribution in [0, 0.1) is 4.77 Å². The summed E-state index contributed by atoms with van der Waals surface area (Å²) in [5.41, 5.74) is 4.25. The van der Waals surface area contributed by atoms with E-state index in [0.29, 0.717) is 10.6 Å². The Bertz CT molecular complexity index is 908. The summed E-state index contributed by atoms with van der Waals surface area (Å²) in [4.78, 5) is 0. The lowest BCUT2D eigenvalue weighted by molar-refractivity contribution is 0.840. The van der Waals surface area contributed by atoms with E-state index in [1.807, 2.05) is 29.9 Å². The Kier molecular flexibility index (Phi) is 3.04. The summed E-state index contributed by atoms with van der Waals surface area (Å²) in [7, 11) is 1.97. The summed E-state index contributed by atoms with van der Waals surface area (Å²) in [5, 5.41) is 19.1. The molecule has 0 saturated carbocycles. The molecule has 2 N–H and O–H groups in total. The highest BCUT2D eigenvalue weighted by atomic mass is 32.1. The fourth-order valence-electron chi connectivity index (χ4n) is 2.78. The van der Waals surface area contributed by atoms with Crippen LogP contribution in [0.25, 0.3) is 11.5 Å².